The molecule has 3 aromatic carbocycles. The van der Waals surface area contributed by atoms with Gasteiger partial charge in [0.1, 0.15) is 18.2 Å². The number of amides is 1. The van der Waals surface area contributed by atoms with Crippen molar-refractivity contribution in [1.29, 1.82) is 0 Å². The molecule has 0 aliphatic carbocycles. The summed E-state index contributed by atoms with van der Waals surface area (Å²) >= 11 is 0. The second kappa shape index (κ2) is 10.7. The summed E-state index contributed by atoms with van der Waals surface area (Å²) in [6, 6.07) is 25.7. The van der Waals surface area contributed by atoms with E-state index in [0.717, 1.165) is 29.1 Å². The predicted octanol–water partition coefficient (Wildman–Crippen LogP) is 4.84. The number of hydrogen-bond donors (Lipinski definition) is 1. The second-order valence-electron chi connectivity index (χ2n) is 8.51. The maximum Gasteiger partial charge on any atom is 0.251 e. The summed E-state index contributed by atoms with van der Waals surface area (Å²) in [6.45, 7) is 1.54. The van der Waals surface area contributed by atoms with E-state index in [9.17, 15) is 4.79 Å². The van der Waals surface area contributed by atoms with Gasteiger partial charge in [-0.2, -0.15) is 5.10 Å². The number of nitrogens with zero attached hydrogens (tertiary/aromatic N) is 4. The molecule has 1 amide bonds. The van der Waals surface area contributed by atoms with Crippen LogP contribution in [0.3, 0.4) is 0 Å². The Morgan fingerprint density at radius 3 is 2.44 bits per heavy atom. The zero-order valence-corrected chi connectivity index (χ0v) is 20.0. The molecule has 5 aromatic rings. The molecule has 2 heterocycles. The van der Waals surface area contributed by atoms with Gasteiger partial charge in [-0.3, -0.25) is 9.48 Å². The van der Waals surface area contributed by atoms with Gasteiger partial charge in [0.25, 0.3) is 5.91 Å². The number of rotatable bonds is 9. The lowest BCUT2D eigenvalue weighted by molar-refractivity contribution is 0.0951. The highest BCUT2D eigenvalue weighted by Crippen LogP contribution is 2.24. The Hall–Kier alpha value is -4.65. The van der Waals surface area contributed by atoms with Crippen molar-refractivity contribution in [1.82, 2.24) is 24.6 Å². The second-order valence-corrected chi connectivity index (χ2v) is 8.51. The number of nitrogens with one attached hydrogen (secondary N) is 1. The average Bonchev–Trinajstić information content (AvgIpc) is 3.58. The highest BCUT2D eigenvalue weighted by Gasteiger charge is 2.10. The van der Waals surface area contributed by atoms with E-state index in [1.165, 1.54) is 5.56 Å². The molecule has 5 rings (SSSR count). The van der Waals surface area contributed by atoms with Crippen LogP contribution in [-0.2, 0) is 26.7 Å². The van der Waals surface area contributed by atoms with E-state index in [0.29, 0.717) is 24.5 Å². The van der Waals surface area contributed by atoms with Crippen molar-refractivity contribution in [3.8, 4) is 16.9 Å². The normalized spacial score (nSPS) is 10.8. The number of aryl methyl sites for hydroxylation is 1. The fraction of sp³-hybridized carbons (Fsp3) is 0.138. The number of carbonyl (C=O) groups is 1. The molecule has 0 aliphatic rings. The van der Waals surface area contributed by atoms with Crippen molar-refractivity contribution in [3.63, 3.8) is 0 Å². The van der Waals surface area contributed by atoms with Gasteiger partial charge in [-0.1, -0.05) is 48.5 Å². The van der Waals surface area contributed by atoms with Gasteiger partial charge in [0, 0.05) is 43.9 Å². The van der Waals surface area contributed by atoms with E-state index >= 15 is 0 Å². The molecule has 1 N–H and O–H groups in total. The summed E-state index contributed by atoms with van der Waals surface area (Å²) in [5, 5.41) is 7.31. The van der Waals surface area contributed by atoms with Crippen molar-refractivity contribution in [2.45, 2.75) is 19.7 Å². The number of benzene rings is 3. The SMILES string of the molecule is Cn1ccnc1COc1ccc(C(=O)NCc2ccccc2-c2ccc(Cn3cccn3)cc2)cc1. The fourth-order valence-corrected chi connectivity index (χ4v) is 3.99. The van der Waals surface area contributed by atoms with Crippen LogP contribution in [0.1, 0.15) is 27.3 Å². The van der Waals surface area contributed by atoms with Crippen molar-refractivity contribution >= 4 is 5.91 Å². The Balaban J connectivity index is 1.20. The van der Waals surface area contributed by atoms with Gasteiger partial charge in [0.15, 0.2) is 0 Å². The van der Waals surface area contributed by atoms with Gasteiger partial charge < -0.3 is 14.6 Å². The van der Waals surface area contributed by atoms with Gasteiger partial charge in [0.2, 0.25) is 0 Å². The van der Waals surface area contributed by atoms with Gasteiger partial charge in [-0.25, -0.2) is 4.98 Å². The highest BCUT2D eigenvalue weighted by molar-refractivity contribution is 5.94. The molecule has 0 aliphatic heterocycles. The fourth-order valence-electron chi connectivity index (χ4n) is 3.99. The van der Waals surface area contributed by atoms with Crippen molar-refractivity contribution < 1.29 is 9.53 Å². The minimum atomic E-state index is -0.130. The Kier molecular flexibility index (Phi) is 6.89. The molecule has 180 valence electrons. The molecule has 0 saturated carbocycles. The lowest BCUT2D eigenvalue weighted by atomic mass is 9.98. The van der Waals surface area contributed by atoms with E-state index in [-0.39, 0.29) is 5.91 Å². The third-order valence-corrected chi connectivity index (χ3v) is 6.03. The molecule has 0 fully saturated rings. The summed E-state index contributed by atoms with van der Waals surface area (Å²) in [5.41, 5.74) is 5.03. The van der Waals surface area contributed by atoms with Gasteiger partial charge in [-0.15, -0.1) is 0 Å². The monoisotopic (exact) mass is 477 g/mol. The zero-order valence-electron chi connectivity index (χ0n) is 20.0. The number of imidazole rings is 1. The van der Waals surface area contributed by atoms with Gasteiger partial charge in [-0.05, 0) is 52.6 Å². The van der Waals surface area contributed by atoms with Crippen LogP contribution in [0.2, 0.25) is 0 Å². The maximum absolute atomic E-state index is 12.8. The molecule has 0 radical (unpaired) electrons. The van der Waals surface area contributed by atoms with Crippen LogP contribution in [0.25, 0.3) is 11.1 Å². The lowest BCUT2D eigenvalue weighted by Crippen LogP contribution is -2.23. The number of aromatic nitrogens is 4. The average molecular weight is 478 g/mol. The topological polar surface area (TPSA) is 74.0 Å². The van der Waals surface area contributed by atoms with Crippen LogP contribution < -0.4 is 10.1 Å². The minimum absolute atomic E-state index is 0.130. The summed E-state index contributed by atoms with van der Waals surface area (Å²) in [4.78, 5) is 17.0. The first kappa shape index (κ1) is 23.1. The molecule has 36 heavy (non-hydrogen) atoms. The van der Waals surface area contributed by atoms with Crippen molar-refractivity contribution in [2.75, 3.05) is 0 Å². The maximum atomic E-state index is 12.8. The lowest BCUT2D eigenvalue weighted by Gasteiger charge is -2.12. The molecule has 0 saturated heterocycles. The molecule has 0 atom stereocenters. The third kappa shape index (κ3) is 5.52. The smallest absolute Gasteiger partial charge is 0.251 e. The van der Waals surface area contributed by atoms with E-state index < -0.39 is 0 Å². The predicted molar refractivity (Wildman–Crippen MR) is 138 cm³/mol. The summed E-state index contributed by atoms with van der Waals surface area (Å²) < 4.78 is 9.59. The van der Waals surface area contributed by atoms with Crippen molar-refractivity contribution in [2.24, 2.45) is 7.05 Å². The Labute approximate surface area is 210 Å². The van der Waals surface area contributed by atoms with Gasteiger partial charge in [0.05, 0.1) is 6.54 Å². The first-order chi connectivity index (χ1) is 17.7. The summed E-state index contributed by atoms with van der Waals surface area (Å²) in [5.74, 6) is 1.40. The quantitative estimate of drug-likeness (QED) is 0.330. The van der Waals surface area contributed by atoms with Crippen LogP contribution in [0.4, 0.5) is 0 Å². The molecule has 7 heteroatoms. The van der Waals surface area contributed by atoms with E-state index in [4.69, 9.17) is 4.74 Å². The summed E-state index contributed by atoms with van der Waals surface area (Å²) in [6.07, 6.45) is 7.35. The minimum Gasteiger partial charge on any atom is -0.486 e. The Bertz CT molecular complexity index is 1420. The highest BCUT2D eigenvalue weighted by atomic mass is 16.5. The van der Waals surface area contributed by atoms with E-state index in [1.807, 2.05) is 53.0 Å². The summed E-state index contributed by atoms with van der Waals surface area (Å²) in [7, 11) is 1.93. The molecule has 2 aromatic heterocycles. The first-order valence-electron chi connectivity index (χ1n) is 11.8. The van der Waals surface area contributed by atoms with Gasteiger partial charge >= 0.3 is 0 Å². The van der Waals surface area contributed by atoms with Crippen LogP contribution >= 0.6 is 0 Å². The zero-order chi connectivity index (χ0) is 24.7. The van der Waals surface area contributed by atoms with Crippen molar-refractivity contribution in [3.05, 3.63) is 126 Å². The molecule has 7 nitrogen and oxygen atoms in total. The molecule has 0 bridgehead atoms. The number of hydrogen-bond acceptors (Lipinski definition) is 4. The molecule has 0 unspecified atom stereocenters. The first-order valence-corrected chi connectivity index (χ1v) is 11.8. The number of ether oxygens (including phenoxy) is 1. The standard InChI is InChI=1S/C29H27N5O2/c1-33-18-16-30-28(33)21-36-26-13-11-24(12-14-26)29(35)31-19-25-5-2-3-6-27(25)23-9-7-22(8-10-23)20-34-17-4-15-32-34/h2-18H,19-21H2,1H3,(H,31,35). The van der Waals surface area contributed by atoms with Crippen LogP contribution in [0, 0.1) is 0 Å². The molecular weight excluding hydrogens is 450 g/mol. The Morgan fingerprint density at radius 1 is 0.917 bits per heavy atom. The van der Waals surface area contributed by atoms with E-state index in [1.54, 1.807) is 36.7 Å². The molecule has 0 spiro atoms. The molecular formula is C29H27N5O2. The van der Waals surface area contributed by atoms with E-state index in [2.05, 4.69) is 45.7 Å². The van der Waals surface area contributed by atoms with Crippen LogP contribution in [0.15, 0.2) is 104 Å². The Morgan fingerprint density at radius 2 is 1.72 bits per heavy atom. The largest absolute Gasteiger partial charge is 0.486 e. The number of carbonyl (C=O) groups excluding carboxylic acids is 1. The third-order valence-electron chi connectivity index (χ3n) is 6.03. The van der Waals surface area contributed by atoms with Crippen LogP contribution in [0.5, 0.6) is 5.75 Å². The van der Waals surface area contributed by atoms with Crippen LogP contribution in [-0.4, -0.2) is 25.2 Å².